The first-order valence-corrected chi connectivity index (χ1v) is 5.63. The molecule has 1 aromatic rings. The van der Waals surface area contributed by atoms with Gasteiger partial charge >= 0.3 is 5.97 Å². The Balaban J connectivity index is 3.39. The summed E-state index contributed by atoms with van der Waals surface area (Å²) in [6, 6.07) is 2.63. The van der Waals surface area contributed by atoms with Crippen molar-refractivity contribution < 1.29 is 27.4 Å². The Morgan fingerprint density at radius 1 is 1.07 bits per heavy atom. The molecule has 0 amide bonds. The Labute approximate surface area is 89.5 Å². The van der Waals surface area contributed by atoms with E-state index in [2.05, 4.69) is 0 Å². The van der Waals surface area contributed by atoms with Crippen molar-refractivity contribution in [2.45, 2.75) is 9.79 Å². The summed E-state index contributed by atoms with van der Waals surface area (Å²) in [7, 11) is 0. The van der Waals surface area contributed by atoms with E-state index in [0.717, 1.165) is 18.2 Å². The molecule has 1 rings (SSSR count). The highest BCUT2D eigenvalue weighted by atomic mass is 32.2. The van der Waals surface area contributed by atoms with Crippen molar-refractivity contribution >= 4 is 28.1 Å². The molecule has 2 unspecified atom stereocenters. The van der Waals surface area contributed by atoms with Crippen molar-refractivity contribution in [2.75, 3.05) is 0 Å². The van der Waals surface area contributed by atoms with E-state index in [4.69, 9.17) is 5.11 Å². The van der Waals surface area contributed by atoms with Gasteiger partial charge in [-0.05, 0) is 40.4 Å². The van der Waals surface area contributed by atoms with Crippen LogP contribution < -0.4 is 0 Å². The van der Waals surface area contributed by atoms with Crippen LogP contribution in [0.4, 0.5) is 0 Å². The van der Waals surface area contributed by atoms with Gasteiger partial charge in [-0.3, -0.25) is 8.42 Å². The molecule has 1 aromatic carbocycles. The lowest BCUT2D eigenvalue weighted by Gasteiger charge is -2.11. The van der Waals surface area contributed by atoms with Gasteiger partial charge in [-0.2, -0.15) is 0 Å². The van der Waals surface area contributed by atoms with E-state index in [-0.39, 0.29) is 9.79 Å². The average Bonchev–Trinajstić information content (AvgIpc) is 2.16. The third-order valence-corrected chi connectivity index (χ3v) is 2.75. The summed E-state index contributed by atoms with van der Waals surface area (Å²) in [6.45, 7) is 0. The van der Waals surface area contributed by atoms with Crippen LogP contribution >= 0.6 is 0 Å². The van der Waals surface area contributed by atoms with Crippen molar-refractivity contribution in [2.24, 2.45) is 0 Å². The van der Waals surface area contributed by atoms with Gasteiger partial charge in [0, 0.05) is 9.79 Å². The number of benzene rings is 1. The number of carbonyl (C=O) groups is 1. The summed E-state index contributed by atoms with van der Waals surface area (Å²) in [4.78, 5) is 9.79. The third kappa shape index (κ3) is 2.93. The van der Waals surface area contributed by atoms with E-state index in [0.29, 0.717) is 0 Å². The van der Waals surface area contributed by atoms with E-state index >= 15 is 0 Å². The molecule has 0 heterocycles. The first-order valence-electron chi connectivity index (χ1n) is 3.48. The average molecular weight is 248 g/mol. The minimum absolute atomic E-state index is 0.380. The Kier molecular flexibility index (Phi) is 3.69. The highest BCUT2D eigenvalue weighted by Crippen LogP contribution is 2.15. The zero-order valence-electron chi connectivity index (χ0n) is 7.04. The number of carboxylic acids is 1. The van der Waals surface area contributed by atoms with Crippen LogP contribution in [0.15, 0.2) is 28.0 Å². The molecule has 1 N–H and O–H groups in total. The number of hydrogen-bond acceptors (Lipinski definition) is 5. The molecule has 0 spiro atoms. The zero-order chi connectivity index (χ0) is 11.6. The quantitative estimate of drug-likeness (QED) is 0.744. The molecule has 2 atom stereocenters. The predicted molar refractivity (Wildman–Crippen MR) is 47.8 cm³/mol. The molecule has 8 heteroatoms. The van der Waals surface area contributed by atoms with Crippen LogP contribution in [0.1, 0.15) is 10.4 Å². The van der Waals surface area contributed by atoms with Crippen molar-refractivity contribution in [1.82, 2.24) is 0 Å². The second-order valence-electron chi connectivity index (χ2n) is 2.47. The van der Waals surface area contributed by atoms with Gasteiger partial charge in [-0.1, -0.05) is 0 Å². The normalized spacial score (nSPS) is 14.5. The molecular weight excluding hydrogens is 244 g/mol. The fourth-order valence-corrected chi connectivity index (χ4v) is 1.86. The maximum absolute atomic E-state index is 10.6. The van der Waals surface area contributed by atoms with Crippen LogP contribution in [0, 0.1) is 0 Å². The Bertz CT molecular complexity index is 376. The molecule has 6 nitrogen and oxygen atoms in total. The summed E-state index contributed by atoms with van der Waals surface area (Å²) in [5.74, 6) is -1.39. The van der Waals surface area contributed by atoms with Crippen LogP contribution in [0.25, 0.3) is 0 Å². The van der Waals surface area contributed by atoms with Crippen molar-refractivity contribution in [3.05, 3.63) is 23.8 Å². The molecule has 82 valence electrons. The van der Waals surface area contributed by atoms with E-state index < -0.39 is 33.7 Å². The van der Waals surface area contributed by atoms with Crippen LogP contribution in [0.2, 0.25) is 0 Å². The molecule has 0 fully saturated rings. The maximum atomic E-state index is 10.6. The van der Waals surface area contributed by atoms with Gasteiger partial charge in [0.2, 0.25) is 0 Å². The first kappa shape index (κ1) is 12.0. The lowest BCUT2D eigenvalue weighted by molar-refractivity contribution is 0.0696. The fraction of sp³-hybridized carbons (Fsp3) is 0. The summed E-state index contributed by atoms with van der Waals surface area (Å²) in [6.07, 6.45) is 0. The standard InChI is InChI=1S/C7H6O6S2/c8-7(9)4-1-5(14(10)11)3-6(2-4)15(12)13/h1-3H,(H,8,9)(H,10,11)(H,12,13)/p-2. The lowest BCUT2D eigenvalue weighted by atomic mass is 10.2. The number of carboxylic acid groups (broad SMARTS) is 1. The highest BCUT2D eigenvalue weighted by Gasteiger charge is 2.07. The number of hydrogen-bond donors (Lipinski definition) is 1. The van der Waals surface area contributed by atoms with Crippen molar-refractivity contribution in [1.29, 1.82) is 0 Å². The lowest BCUT2D eigenvalue weighted by Crippen LogP contribution is -2.02. The molecule has 0 aliphatic rings. The Morgan fingerprint density at radius 3 is 1.73 bits per heavy atom. The number of aromatic carboxylic acids is 1. The number of rotatable bonds is 3. The molecule has 0 aliphatic carbocycles. The third-order valence-electron chi connectivity index (χ3n) is 1.51. The monoisotopic (exact) mass is 248 g/mol. The van der Waals surface area contributed by atoms with E-state index in [1.807, 2.05) is 0 Å². The minimum atomic E-state index is -2.67. The Hall–Kier alpha value is -1.09. The van der Waals surface area contributed by atoms with Gasteiger partial charge in [0.05, 0.1) is 5.56 Å². The van der Waals surface area contributed by atoms with Crippen molar-refractivity contribution in [3.63, 3.8) is 0 Å². The topological polar surface area (TPSA) is 118 Å². The van der Waals surface area contributed by atoms with E-state index in [1.54, 1.807) is 0 Å². The zero-order valence-corrected chi connectivity index (χ0v) is 8.67. The van der Waals surface area contributed by atoms with Gasteiger partial charge in [-0.15, -0.1) is 0 Å². The van der Waals surface area contributed by atoms with Gasteiger partial charge < -0.3 is 14.2 Å². The van der Waals surface area contributed by atoms with Gasteiger partial charge in [0.25, 0.3) is 0 Å². The second kappa shape index (κ2) is 4.62. The maximum Gasteiger partial charge on any atom is 0.335 e. The van der Waals surface area contributed by atoms with E-state index in [1.165, 1.54) is 0 Å². The first-order chi connectivity index (χ1) is 6.91. The minimum Gasteiger partial charge on any atom is -0.768 e. The molecule has 0 saturated heterocycles. The molecule has 0 radical (unpaired) electrons. The second-order valence-corrected chi connectivity index (χ2v) is 4.35. The molecule has 0 aromatic heterocycles. The van der Waals surface area contributed by atoms with Crippen molar-refractivity contribution in [3.8, 4) is 0 Å². The van der Waals surface area contributed by atoms with Gasteiger partial charge in [0.15, 0.2) is 0 Å². The summed E-state index contributed by atoms with van der Waals surface area (Å²) in [5, 5.41) is 8.60. The SMILES string of the molecule is O=C(O)c1cc(S(=O)[O-])cc(S(=O)[O-])c1. The molecule has 15 heavy (non-hydrogen) atoms. The van der Waals surface area contributed by atoms with Gasteiger partial charge in [0.1, 0.15) is 0 Å². The largest absolute Gasteiger partial charge is 0.768 e. The smallest absolute Gasteiger partial charge is 0.335 e. The predicted octanol–water partition coefficient (Wildman–Crippen LogP) is -0.139. The summed E-state index contributed by atoms with van der Waals surface area (Å²) in [5.41, 5.74) is -0.393. The molecule has 0 saturated carbocycles. The molecule has 0 aliphatic heterocycles. The van der Waals surface area contributed by atoms with Gasteiger partial charge in [-0.25, -0.2) is 4.79 Å². The summed E-state index contributed by atoms with van der Waals surface area (Å²) < 4.78 is 42.2. The van der Waals surface area contributed by atoms with E-state index in [9.17, 15) is 22.3 Å². The van der Waals surface area contributed by atoms with Crippen LogP contribution in [0.5, 0.6) is 0 Å². The molecular formula is C7H4O6S2-2. The Morgan fingerprint density at radius 2 is 1.47 bits per heavy atom. The van der Waals surface area contributed by atoms with Crippen LogP contribution in [-0.2, 0) is 22.2 Å². The van der Waals surface area contributed by atoms with Crippen LogP contribution in [0.3, 0.4) is 0 Å². The molecule has 0 bridgehead atoms. The fourth-order valence-electron chi connectivity index (χ4n) is 0.888. The summed E-state index contributed by atoms with van der Waals surface area (Å²) >= 11 is -5.34. The van der Waals surface area contributed by atoms with Crippen LogP contribution in [-0.4, -0.2) is 28.6 Å². The highest BCUT2D eigenvalue weighted by molar-refractivity contribution is 7.80.